The van der Waals surface area contributed by atoms with E-state index in [0.29, 0.717) is 12.0 Å². The molecule has 1 aromatic carbocycles. The molecule has 2 nitrogen and oxygen atoms in total. The maximum Gasteiger partial charge on any atom is 0.0398 e. The smallest absolute Gasteiger partial charge is 0.0398 e. The molecule has 0 saturated carbocycles. The number of aryl methyl sites for hydroxylation is 1. The zero-order valence-electron chi connectivity index (χ0n) is 10.3. The van der Waals surface area contributed by atoms with E-state index < -0.39 is 0 Å². The van der Waals surface area contributed by atoms with Gasteiger partial charge in [-0.3, -0.25) is 0 Å². The van der Waals surface area contributed by atoms with E-state index >= 15 is 0 Å². The first-order valence-corrected chi connectivity index (χ1v) is 6.30. The van der Waals surface area contributed by atoms with Gasteiger partial charge in [-0.15, -0.1) is 0 Å². The molecule has 1 aliphatic rings. The summed E-state index contributed by atoms with van der Waals surface area (Å²) < 4.78 is 0. The minimum atomic E-state index is 0.380. The molecule has 16 heavy (non-hydrogen) atoms. The van der Waals surface area contributed by atoms with E-state index in [9.17, 15) is 0 Å². The van der Waals surface area contributed by atoms with Gasteiger partial charge in [-0.2, -0.15) is 0 Å². The number of para-hydroxylation sites is 1. The predicted molar refractivity (Wildman–Crippen MR) is 69.8 cm³/mol. The molecule has 88 valence electrons. The Kier molecular flexibility index (Phi) is 3.49. The molecule has 0 bridgehead atoms. The fourth-order valence-corrected chi connectivity index (χ4v) is 2.50. The third-order valence-corrected chi connectivity index (χ3v) is 3.68. The number of hydrogen-bond acceptors (Lipinski definition) is 2. The Hall–Kier alpha value is -1.02. The van der Waals surface area contributed by atoms with Crippen molar-refractivity contribution in [1.29, 1.82) is 0 Å². The second kappa shape index (κ2) is 4.88. The molecular weight excluding hydrogens is 196 g/mol. The Bertz CT molecular complexity index is 348. The van der Waals surface area contributed by atoms with Crippen molar-refractivity contribution in [3.63, 3.8) is 0 Å². The number of nitrogens with zero attached hydrogens (tertiary/aromatic N) is 1. The molecule has 2 rings (SSSR count). The van der Waals surface area contributed by atoms with Crippen LogP contribution in [0.4, 0.5) is 5.69 Å². The summed E-state index contributed by atoms with van der Waals surface area (Å²) in [5.41, 5.74) is 8.92. The van der Waals surface area contributed by atoms with E-state index in [-0.39, 0.29) is 0 Å². The fourth-order valence-electron chi connectivity index (χ4n) is 2.50. The SMILES string of the molecule is CCc1ccccc1N1CCC(N)C(C)C1. The summed E-state index contributed by atoms with van der Waals surface area (Å²) in [4.78, 5) is 2.49. The highest BCUT2D eigenvalue weighted by Gasteiger charge is 2.23. The van der Waals surface area contributed by atoms with Crippen LogP contribution in [0.15, 0.2) is 24.3 Å². The van der Waals surface area contributed by atoms with Gasteiger partial charge in [-0.1, -0.05) is 32.0 Å². The summed E-state index contributed by atoms with van der Waals surface area (Å²) in [6.07, 6.45) is 2.21. The average molecular weight is 218 g/mol. The Labute approximate surface area is 98.4 Å². The third-order valence-electron chi connectivity index (χ3n) is 3.68. The van der Waals surface area contributed by atoms with E-state index in [0.717, 1.165) is 25.9 Å². The maximum absolute atomic E-state index is 6.06. The summed E-state index contributed by atoms with van der Waals surface area (Å²) in [5.74, 6) is 0.596. The van der Waals surface area contributed by atoms with Gasteiger partial charge >= 0.3 is 0 Å². The van der Waals surface area contributed by atoms with Gasteiger partial charge in [0.15, 0.2) is 0 Å². The van der Waals surface area contributed by atoms with Crippen molar-refractivity contribution in [2.75, 3.05) is 18.0 Å². The van der Waals surface area contributed by atoms with E-state index in [2.05, 4.69) is 43.0 Å². The van der Waals surface area contributed by atoms with E-state index in [1.165, 1.54) is 11.3 Å². The monoisotopic (exact) mass is 218 g/mol. The Morgan fingerprint density at radius 2 is 2.12 bits per heavy atom. The second-order valence-electron chi connectivity index (χ2n) is 4.86. The molecule has 0 aromatic heterocycles. The lowest BCUT2D eigenvalue weighted by Gasteiger charge is -2.37. The molecule has 0 amide bonds. The molecule has 2 heteroatoms. The van der Waals surface area contributed by atoms with Crippen LogP contribution < -0.4 is 10.6 Å². The normalized spacial score (nSPS) is 25.8. The van der Waals surface area contributed by atoms with Crippen molar-refractivity contribution < 1.29 is 0 Å². The lowest BCUT2D eigenvalue weighted by molar-refractivity contribution is 0.382. The topological polar surface area (TPSA) is 29.3 Å². The number of hydrogen-bond donors (Lipinski definition) is 1. The molecule has 1 fully saturated rings. The molecule has 1 saturated heterocycles. The Morgan fingerprint density at radius 1 is 1.38 bits per heavy atom. The summed E-state index contributed by atoms with van der Waals surface area (Å²) in [6.45, 7) is 6.67. The summed E-state index contributed by atoms with van der Waals surface area (Å²) in [7, 11) is 0. The summed E-state index contributed by atoms with van der Waals surface area (Å²) >= 11 is 0. The van der Waals surface area contributed by atoms with Crippen molar-refractivity contribution in [1.82, 2.24) is 0 Å². The van der Waals surface area contributed by atoms with Crippen molar-refractivity contribution in [2.45, 2.75) is 32.7 Å². The van der Waals surface area contributed by atoms with Gasteiger partial charge in [0.2, 0.25) is 0 Å². The molecule has 2 unspecified atom stereocenters. The van der Waals surface area contributed by atoms with Crippen molar-refractivity contribution >= 4 is 5.69 Å². The number of piperidine rings is 1. The van der Waals surface area contributed by atoms with Crippen LogP contribution >= 0.6 is 0 Å². The van der Waals surface area contributed by atoms with Gasteiger partial charge in [-0.25, -0.2) is 0 Å². The zero-order chi connectivity index (χ0) is 11.5. The van der Waals surface area contributed by atoms with Crippen molar-refractivity contribution in [3.8, 4) is 0 Å². The Balaban J connectivity index is 2.18. The molecular formula is C14H22N2. The molecule has 1 aliphatic heterocycles. The van der Waals surface area contributed by atoms with Gasteiger partial charge in [0.1, 0.15) is 0 Å². The molecule has 0 spiro atoms. The van der Waals surface area contributed by atoms with Crippen LogP contribution in [-0.2, 0) is 6.42 Å². The van der Waals surface area contributed by atoms with Crippen LogP contribution in [-0.4, -0.2) is 19.1 Å². The first-order chi connectivity index (χ1) is 7.72. The lowest BCUT2D eigenvalue weighted by atomic mass is 9.94. The van der Waals surface area contributed by atoms with Gasteiger partial charge in [0.05, 0.1) is 0 Å². The van der Waals surface area contributed by atoms with Crippen molar-refractivity contribution in [2.24, 2.45) is 11.7 Å². The summed E-state index contributed by atoms with van der Waals surface area (Å²) in [6, 6.07) is 9.11. The van der Waals surface area contributed by atoms with Crippen LogP contribution in [0.2, 0.25) is 0 Å². The van der Waals surface area contributed by atoms with Crippen LogP contribution in [0.1, 0.15) is 25.8 Å². The van der Waals surface area contributed by atoms with Crippen LogP contribution in [0, 0.1) is 5.92 Å². The second-order valence-corrected chi connectivity index (χ2v) is 4.86. The molecule has 1 aromatic rings. The highest BCUT2D eigenvalue weighted by atomic mass is 15.1. The van der Waals surface area contributed by atoms with Gasteiger partial charge in [0.25, 0.3) is 0 Å². The quantitative estimate of drug-likeness (QED) is 0.826. The first kappa shape index (κ1) is 11.5. The third kappa shape index (κ3) is 2.22. The lowest BCUT2D eigenvalue weighted by Crippen LogP contribution is -2.46. The molecule has 2 N–H and O–H groups in total. The zero-order valence-corrected chi connectivity index (χ0v) is 10.3. The fraction of sp³-hybridized carbons (Fsp3) is 0.571. The van der Waals surface area contributed by atoms with E-state index in [1.807, 2.05) is 0 Å². The van der Waals surface area contributed by atoms with Gasteiger partial charge in [-0.05, 0) is 30.4 Å². The number of rotatable bonds is 2. The van der Waals surface area contributed by atoms with Crippen LogP contribution in [0.5, 0.6) is 0 Å². The molecule has 2 atom stereocenters. The highest BCUT2D eigenvalue weighted by Crippen LogP contribution is 2.26. The average Bonchev–Trinajstić information content (AvgIpc) is 2.32. The summed E-state index contributed by atoms with van der Waals surface area (Å²) in [5, 5.41) is 0. The standard InChI is InChI=1S/C14H22N2/c1-3-12-6-4-5-7-14(12)16-9-8-13(15)11(2)10-16/h4-7,11,13H,3,8-10,15H2,1-2H3. The van der Waals surface area contributed by atoms with E-state index in [4.69, 9.17) is 5.73 Å². The molecule has 1 heterocycles. The van der Waals surface area contributed by atoms with Crippen LogP contribution in [0.3, 0.4) is 0 Å². The number of nitrogens with two attached hydrogens (primary N) is 1. The minimum absolute atomic E-state index is 0.380. The predicted octanol–water partition coefficient (Wildman–Crippen LogP) is 2.42. The number of benzene rings is 1. The molecule has 0 aliphatic carbocycles. The van der Waals surface area contributed by atoms with Crippen LogP contribution in [0.25, 0.3) is 0 Å². The van der Waals surface area contributed by atoms with Crippen molar-refractivity contribution in [3.05, 3.63) is 29.8 Å². The van der Waals surface area contributed by atoms with Gasteiger partial charge < -0.3 is 10.6 Å². The highest BCUT2D eigenvalue weighted by molar-refractivity contribution is 5.54. The largest absolute Gasteiger partial charge is 0.371 e. The first-order valence-electron chi connectivity index (χ1n) is 6.30. The maximum atomic E-state index is 6.06. The number of anilines is 1. The Morgan fingerprint density at radius 3 is 2.81 bits per heavy atom. The minimum Gasteiger partial charge on any atom is -0.371 e. The molecule has 0 radical (unpaired) electrons. The van der Waals surface area contributed by atoms with Gasteiger partial charge in [0, 0.05) is 24.8 Å². The van der Waals surface area contributed by atoms with E-state index in [1.54, 1.807) is 0 Å².